The first-order chi connectivity index (χ1) is 5.85. The minimum Gasteiger partial charge on any atom is -0.384 e. The highest BCUT2D eigenvalue weighted by Gasteiger charge is 2.49. The van der Waals surface area contributed by atoms with Gasteiger partial charge in [0.05, 0.1) is 0 Å². The van der Waals surface area contributed by atoms with E-state index >= 15 is 0 Å². The first-order valence-electron chi connectivity index (χ1n) is 4.32. The summed E-state index contributed by atoms with van der Waals surface area (Å²) in [7, 11) is 5.23. The molecule has 1 saturated carbocycles. The van der Waals surface area contributed by atoms with Gasteiger partial charge in [0, 0.05) is 41.2 Å². The molecule has 1 aliphatic carbocycles. The van der Waals surface area contributed by atoms with E-state index in [0.29, 0.717) is 17.8 Å². The summed E-state index contributed by atoms with van der Waals surface area (Å²) in [5, 5.41) is 0. The number of methoxy groups -OCH3 is 3. The molecule has 0 atom stereocenters. The summed E-state index contributed by atoms with van der Waals surface area (Å²) in [4.78, 5) is 0. The van der Waals surface area contributed by atoms with Crippen LogP contribution in [-0.2, 0) is 14.2 Å². The van der Waals surface area contributed by atoms with E-state index in [9.17, 15) is 0 Å². The summed E-state index contributed by atoms with van der Waals surface area (Å²) in [5.41, 5.74) is 0. The second kappa shape index (κ2) is 4.80. The SMILES string of the molecule is COCC1C(COC)C1COC. The van der Waals surface area contributed by atoms with Gasteiger partial charge in [-0.25, -0.2) is 0 Å². The Labute approximate surface area is 74.0 Å². The minimum absolute atomic E-state index is 0.648. The van der Waals surface area contributed by atoms with Gasteiger partial charge in [0.1, 0.15) is 0 Å². The molecule has 1 rings (SSSR count). The summed E-state index contributed by atoms with van der Waals surface area (Å²) in [6.07, 6.45) is 0. The van der Waals surface area contributed by atoms with Crippen molar-refractivity contribution < 1.29 is 14.2 Å². The van der Waals surface area contributed by atoms with Gasteiger partial charge in [-0.15, -0.1) is 0 Å². The average Bonchev–Trinajstić information content (AvgIpc) is 2.67. The van der Waals surface area contributed by atoms with Gasteiger partial charge in [-0.2, -0.15) is 0 Å². The molecule has 0 N–H and O–H groups in total. The van der Waals surface area contributed by atoms with E-state index in [1.807, 2.05) is 0 Å². The molecule has 0 amide bonds. The molecule has 0 spiro atoms. The summed E-state index contributed by atoms with van der Waals surface area (Å²) in [6.45, 7) is 2.51. The highest BCUT2D eigenvalue weighted by Crippen LogP contribution is 2.46. The average molecular weight is 174 g/mol. The van der Waals surface area contributed by atoms with Gasteiger partial charge in [-0.1, -0.05) is 0 Å². The molecule has 1 aliphatic rings. The van der Waals surface area contributed by atoms with Gasteiger partial charge >= 0.3 is 0 Å². The van der Waals surface area contributed by atoms with Crippen molar-refractivity contribution in [2.45, 2.75) is 0 Å². The Bertz CT molecular complexity index is 97.2. The van der Waals surface area contributed by atoms with Crippen molar-refractivity contribution in [1.29, 1.82) is 0 Å². The molecule has 0 aliphatic heterocycles. The van der Waals surface area contributed by atoms with Gasteiger partial charge in [0.15, 0.2) is 0 Å². The fourth-order valence-corrected chi connectivity index (χ4v) is 1.84. The van der Waals surface area contributed by atoms with Gasteiger partial charge in [-0.05, 0) is 17.8 Å². The van der Waals surface area contributed by atoms with Gasteiger partial charge in [-0.3, -0.25) is 0 Å². The van der Waals surface area contributed by atoms with Crippen molar-refractivity contribution >= 4 is 0 Å². The number of hydrogen-bond donors (Lipinski definition) is 0. The van der Waals surface area contributed by atoms with E-state index in [4.69, 9.17) is 14.2 Å². The summed E-state index contributed by atoms with van der Waals surface area (Å²) in [6, 6.07) is 0. The van der Waals surface area contributed by atoms with Crippen LogP contribution in [0.1, 0.15) is 0 Å². The summed E-state index contributed by atoms with van der Waals surface area (Å²) >= 11 is 0. The van der Waals surface area contributed by atoms with E-state index in [1.54, 1.807) is 21.3 Å². The van der Waals surface area contributed by atoms with E-state index in [1.165, 1.54) is 0 Å². The second-order valence-corrected chi connectivity index (χ2v) is 3.36. The molecule has 12 heavy (non-hydrogen) atoms. The zero-order valence-electron chi connectivity index (χ0n) is 8.08. The predicted molar refractivity (Wildman–Crippen MR) is 46.1 cm³/mol. The molecule has 0 aromatic rings. The van der Waals surface area contributed by atoms with Crippen molar-refractivity contribution in [2.75, 3.05) is 41.2 Å². The van der Waals surface area contributed by atoms with E-state index in [2.05, 4.69) is 0 Å². The number of rotatable bonds is 6. The predicted octanol–water partition coefficient (Wildman–Crippen LogP) is 0.788. The molecule has 0 heterocycles. The van der Waals surface area contributed by atoms with Crippen LogP contribution >= 0.6 is 0 Å². The third-order valence-electron chi connectivity index (χ3n) is 2.59. The van der Waals surface area contributed by atoms with Gasteiger partial charge < -0.3 is 14.2 Å². The van der Waals surface area contributed by atoms with Crippen molar-refractivity contribution in [1.82, 2.24) is 0 Å². The minimum atomic E-state index is 0.648. The third kappa shape index (κ3) is 2.19. The standard InChI is InChI=1S/C9H18O3/c1-10-4-7-8(5-11-2)9(7)6-12-3/h7-9H,4-6H2,1-3H3. The van der Waals surface area contributed by atoms with Gasteiger partial charge in [0.2, 0.25) is 0 Å². The van der Waals surface area contributed by atoms with E-state index in [0.717, 1.165) is 19.8 Å². The molecule has 1 fully saturated rings. The van der Waals surface area contributed by atoms with Crippen LogP contribution < -0.4 is 0 Å². The smallest absolute Gasteiger partial charge is 0.0497 e. The molecular weight excluding hydrogens is 156 g/mol. The number of ether oxygens (including phenoxy) is 3. The summed E-state index contributed by atoms with van der Waals surface area (Å²) in [5.74, 6) is 1.94. The first kappa shape index (κ1) is 9.96. The third-order valence-corrected chi connectivity index (χ3v) is 2.59. The molecule has 0 saturated heterocycles. The lowest BCUT2D eigenvalue weighted by Gasteiger charge is -1.95. The number of hydrogen-bond acceptors (Lipinski definition) is 3. The maximum absolute atomic E-state index is 5.11. The quantitative estimate of drug-likeness (QED) is 0.596. The van der Waals surface area contributed by atoms with Crippen molar-refractivity contribution in [3.63, 3.8) is 0 Å². The molecule has 3 nitrogen and oxygen atoms in total. The van der Waals surface area contributed by atoms with Crippen LogP contribution in [0.5, 0.6) is 0 Å². The fourth-order valence-electron chi connectivity index (χ4n) is 1.84. The molecule has 0 unspecified atom stereocenters. The molecular formula is C9H18O3. The fraction of sp³-hybridized carbons (Fsp3) is 1.00. The van der Waals surface area contributed by atoms with Crippen LogP contribution in [0.25, 0.3) is 0 Å². The lowest BCUT2D eigenvalue weighted by atomic mass is 10.3. The second-order valence-electron chi connectivity index (χ2n) is 3.36. The molecule has 0 bridgehead atoms. The van der Waals surface area contributed by atoms with Crippen LogP contribution in [0, 0.1) is 17.8 Å². The molecule has 72 valence electrons. The van der Waals surface area contributed by atoms with Crippen LogP contribution in [0.15, 0.2) is 0 Å². The maximum Gasteiger partial charge on any atom is 0.0497 e. The first-order valence-corrected chi connectivity index (χ1v) is 4.32. The van der Waals surface area contributed by atoms with Crippen LogP contribution in [-0.4, -0.2) is 41.2 Å². The Kier molecular flexibility index (Phi) is 3.98. The monoisotopic (exact) mass is 174 g/mol. The van der Waals surface area contributed by atoms with Crippen molar-refractivity contribution in [2.24, 2.45) is 17.8 Å². The zero-order chi connectivity index (χ0) is 8.97. The Morgan fingerprint density at radius 1 is 0.667 bits per heavy atom. The van der Waals surface area contributed by atoms with Crippen LogP contribution in [0.3, 0.4) is 0 Å². The van der Waals surface area contributed by atoms with E-state index < -0.39 is 0 Å². The maximum atomic E-state index is 5.11. The summed E-state index contributed by atoms with van der Waals surface area (Å²) < 4.78 is 15.3. The largest absolute Gasteiger partial charge is 0.384 e. The Morgan fingerprint density at radius 3 is 1.08 bits per heavy atom. The topological polar surface area (TPSA) is 27.7 Å². The van der Waals surface area contributed by atoms with Crippen molar-refractivity contribution in [3.8, 4) is 0 Å². The molecule has 0 aromatic carbocycles. The van der Waals surface area contributed by atoms with Crippen LogP contribution in [0.4, 0.5) is 0 Å². The molecule has 3 heteroatoms. The molecule has 0 radical (unpaired) electrons. The van der Waals surface area contributed by atoms with Gasteiger partial charge in [0.25, 0.3) is 0 Å². The lowest BCUT2D eigenvalue weighted by molar-refractivity contribution is 0.152. The lowest BCUT2D eigenvalue weighted by Crippen LogP contribution is -1.97. The normalized spacial score (nSPS) is 33.8. The zero-order valence-corrected chi connectivity index (χ0v) is 8.08. The highest BCUT2D eigenvalue weighted by molar-refractivity contribution is 4.96. The Balaban J connectivity index is 2.22. The van der Waals surface area contributed by atoms with Crippen molar-refractivity contribution in [3.05, 3.63) is 0 Å². The van der Waals surface area contributed by atoms with E-state index in [-0.39, 0.29) is 0 Å². The Hall–Kier alpha value is -0.120. The highest BCUT2D eigenvalue weighted by atomic mass is 16.5. The molecule has 0 aromatic heterocycles. The Morgan fingerprint density at radius 2 is 0.917 bits per heavy atom. The van der Waals surface area contributed by atoms with Crippen LogP contribution in [0.2, 0.25) is 0 Å².